The number of carbonyl (C=O) groups excluding carboxylic acids is 2. The van der Waals surface area contributed by atoms with E-state index in [0.29, 0.717) is 10.9 Å². The van der Waals surface area contributed by atoms with Crippen LogP contribution in [0.2, 0.25) is 0 Å². The monoisotopic (exact) mass is 433 g/mol. The fourth-order valence-electron chi connectivity index (χ4n) is 3.10. The summed E-state index contributed by atoms with van der Waals surface area (Å²) in [7, 11) is 0. The maximum atomic E-state index is 13.0. The van der Waals surface area contributed by atoms with E-state index in [1.165, 1.54) is 24.4 Å². The van der Waals surface area contributed by atoms with Gasteiger partial charge in [-0.2, -0.15) is 5.10 Å². The van der Waals surface area contributed by atoms with Crippen molar-refractivity contribution in [2.24, 2.45) is 0 Å². The van der Waals surface area contributed by atoms with Gasteiger partial charge in [-0.3, -0.25) is 15.7 Å². The second-order valence-corrected chi connectivity index (χ2v) is 7.20. The molecule has 2 aromatic heterocycles. The molecule has 0 aliphatic carbocycles. The number of nitrogens with zero attached hydrogens (tertiary/aromatic N) is 3. The highest BCUT2D eigenvalue weighted by Crippen LogP contribution is 2.28. The molecule has 3 heterocycles. The number of aromatic nitrogens is 3. The van der Waals surface area contributed by atoms with Crippen molar-refractivity contribution in [1.82, 2.24) is 25.4 Å². The van der Waals surface area contributed by atoms with Gasteiger partial charge in [0.2, 0.25) is 0 Å². The topological polar surface area (TPSA) is 115 Å². The van der Waals surface area contributed by atoms with E-state index in [4.69, 9.17) is 0 Å². The number of urea groups is 2. The summed E-state index contributed by atoms with van der Waals surface area (Å²) in [5.41, 5.74) is 1.20. The Labute approximate surface area is 174 Å². The first-order chi connectivity index (χ1) is 14.7. The molecule has 1 saturated heterocycles. The van der Waals surface area contributed by atoms with E-state index in [-0.39, 0.29) is 23.5 Å². The van der Waals surface area contributed by atoms with E-state index in [2.05, 4.69) is 31.1 Å². The van der Waals surface area contributed by atoms with Crippen molar-refractivity contribution >= 4 is 34.6 Å². The lowest BCUT2D eigenvalue weighted by atomic mass is 10.1. The van der Waals surface area contributed by atoms with Gasteiger partial charge in [0.1, 0.15) is 11.6 Å². The number of aromatic amines is 1. The van der Waals surface area contributed by atoms with Crippen LogP contribution in [-0.2, 0) is 0 Å². The molecule has 0 radical (unpaired) electrons. The van der Waals surface area contributed by atoms with Gasteiger partial charge in [0, 0.05) is 12.3 Å². The van der Waals surface area contributed by atoms with E-state index in [1.807, 2.05) is 0 Å². The molecule has 1 aliphatic rings. The van der Waals surface area contributed by atoms with E-state index in [0.717, 1.165) is 10.5 Å². The molecule has 4 rings (SSSR count). The van der Waals surface area contributed by atoms with Gasteiger partial charge in [0.15, 0.2) is 5.82 Å². The lowest BCUT2D eigenvalue weighted by Gasteiger charge is -2.38. The van der Waals surface area contributed by atoms with Crippen LogP contribution < -0.4 is 16.0 Å². The molecule has 0 bridgehead atoms. The summed E-state index contributed by atoms with van der Waals surface area (Å²) in [6.07, 6.45) is 1.39. The number of carbonyl (C=O) groups is 2. The molecule has 3 aromatic rings. The summed E-state index contributed by atoms with van der Waals surface area (Å²) in [6, 6.07) is 5.71. The second-order valence-electron chi connectivity index (χ2n) is 7.20. The summed E-state index contributed by atoms with van der Waals surface area (Å²) >= 11 is 0. The molecular weight excluding hydrogens is 415 g/mol. The molecule has 0 spiro atoms. The van der Waals surface area contributed by atoms with E-state index in [9.17, 15) is 22.8 Å². The number of halogens is 3. The number of alkyl halides is 2. The molecule has 31 heavy (non-hydrogen) atoms. The second kappa shape index (κ2) is 7.78. The SMILES string of the molecule is CC(NC(=O)Nc1cc2[nH]nc(NC(=O)N3CC(F)(F)C3)c2cn1)c1ccc(F)cc1. The van der Waals surface area contributed by atoms with Crippen LogP contribution in [0.15, 0.2) is 36.5 Å². The molecule has 1 fully saturated rings. The zero-order valence-corrected chi connectivity index (χ0v) is 16.2. The Hall–Kier alpha value is -3.83. The number of nitrogens with one attached hydrogen (secondary N) is 4. The smallest absolute Gasteiger partial charge is 0.323 e. The average molecular weight is 433 g/mol. The number of likely N-dealkylation sites (tertiary alicyclic amines) is 1. The quantitative estimate of drug-likeness (QED) is 0.504. The molecule has 1 aromatic carbocycles. The lowest BCUT2D eigenvalue weighted by molar-refractivity contribution is -0.107. The van der Waals surface area contributed by atoms with Gasteiger partial charge >= 0.3 is 12.1 Å². The first kappa shape index (κ1) is 20.4. The van der Waals surface area contributed by atoms with Gasteiger partial charge < -0.3 is 10.2 Å². The number of H-pyrrole nitrogens is 1. The fourth-order valence-corrected chi connectivity index (χ4v) is 3.10. The van der Waals surface area contributed by atoms with Crippen LogP contribution in [0.3, 0.4) is 0 Å². The van der Waals surface area contributed by atoms with Crippen molar-refractivity contribution in [2.45, 2.75) is 18.9 Å². The highest BCUT2D eigenvalue weighted by atomic mass is 19.3. The van der Waals surface area contributed by atoms with E-state index in [1.54, 1.807) is 19.1 Å². The van der Waals surface area contributed by atoms with Crippen LogP contribution in [0.1, 0.15) is 18.5 Å². The summed E-state index contributed by atoms with van der Waals surface area (Å²) in [5, 5.41) is 14.9. The molecular formula is C19H18F3N7O2. The van der Waals surface area contributed by atoms with E-state index >= 15 is 0 Å². The van der Waals surface area contributed by atoms with Gasteiger partial charge in [-0.25, -0.2) is 27.7 Å². The number of hydrogen-bond acceptors (Lipinski definition) is 4. The Morgan fingerprint density at radius 1 is 1.19 bits per heavy atom. The maximum absolute atomic E-state index is 13.0. The average Bonchev–Trinajstić information content (AvgIpc) is 3.08. The van der Waals surface area contributed by atoms with Crippen molar-refractivity contribution < 1.29 is 22.8 Å². The van der Waals surface area contributed by atoms with Crippen LogP contribution >= 0.6 is 0 Å². The summed E-state index contributed by atoms with van der Waals surface area (Å²) in [4.78, 5) is 29.3. The molecule has 12 heteroatoms. The lowest BCUT2D eigenvalue weighted by Crippen LogP contribution is -2.59. The van der Waals surface area contributed by atoms with Gasteiger partial charge in [0.05, 0.1) is 30.0 Å². The van der Waals surface area contributed by atoms with Gasteiger partial charge in [-0.05, 0) is 24.6 Å². The number of fused-ring (bicyclic) bond motifs is 1. The van der Waals surface area contributed by atoms with Crippen LogP contribution in [0.5, 0.6) is 0 Å². The van der Waals surface area contributed by atoms with Gasteiger partial charge in [-0.1, -0.05) is 12.1 Å². The molecule has 4 amide bonds. The van der Waals surface area contributed by atoms with Crippen molar-refractivity contribution in [1.29, 1.82) is 0 Å². The molecule has 0 saturated carbocycles. The fraction of sp³-hybridized carbons (Fsp3) is 0.263. The predicted octanol–water partition coefficient (Wildman–Crippen LogP) is 3.46. The minimum atomic E-state index is -2.86. The predicted molar refractivity (Wildman–Crippen MR) is 106 cm³/mol. The van der Waals surface area contributed by atoms with Crippen LogP contribution in [0, 0.1) is 5.82 Å². The normalized spacial score (nSPS) is 15.8. The number of anilines is 2. The third-order valence-corrected chi connectivity index (χ3v) is 4.76. The van der Waals surface area contributed by atoms with Gasteiger partial charge in [-0.15, -0.1) is 0 Å². The van der Waals surface area contributed by atoms with Crippen LogP contribution in [0.4, 0.5) is 34.4 Å². The summed E-state index contributed by atoms with van der Waals surface area (Å²) in [6.45, 7) is 0.471. The van der Waals surface area contributed by atoms with Crippen molar-refractivity contribution in [3.8, 4) is 0 Å². The minimum Gasteiger partial charge on any atom is -0.331 e. The Kier molecular flexibility index (Phi) is 5.13. The molecule has 1 atom stereocenters. The standard InChI is InChI=1S/C19H18F3N7O2/c1-10(11-2-4-12(20)5-3-11)24-17(30)25-15-6-14-13(7-23-15)16(28-27-14)26-18(31)29-8-19(21,22)9-29/h2-7,10H,8-9H2,1H3,(H2,23,24,25,30)(H2,26,27,28,31). The van der Waals surface area contributed by atoms with Crippen LogP contribution in [0.25, 0.3) is 10.9 Å². The Morgan fingerprint density at radius 2 is 1.90 bits per heavy atom. The summed E-state index contributed by atoms with van der Waals surface area (Å²) < 4.78 is 38.8. The first-order valence-electron chi connectivity index (χ1n) is 9.31. The van der Waals surface area contributed by atoms with Crippen LogP contribution in [-0.4, -0.2) is 51.2 Å². The largest absolute Gasteiger partial charge is 0.331 e. The molecule has 9 nitrogen and oxygen atoms in total. The Bertz CT molecular complexity index is 1130. The zero-order chi connectivity index (χ0) is 22.2. The first-order valence-corrected chi connectivity index (χ1v) is 9.31. The number of pyridine rings is 1. The number of rotatable bonds is 4. The highest BCUT2D eigenvalue weighted by molar-refractivity contribution is 6.00. The van der Waals surface area contributed by atoms with Gasteiger partial charge in [0.25, 0.3) is 5.92 Å². The number of amides is 4. The number of benzene rings is 1. The van der Waals surface area contributed by atoms with Crippen molar-refractivity contribution in [3.63, 3.8) is 0 Å². The number of hydrogen-bond donors (Lipinski definition) is 4. The third-order valence-electron chi connectivity index (χ3n) is 4.76. The third kappa shape index (κ3) is 4.52. The maximum Gasteiger partial charge on any atom is 0.323 e. The molecule has 162 valence electrons. The van der Waals surface area contributed by atoms with E-state index < -0.39 is 31.1 Å². The summed E-state index contributed by atoms with van der Waals surface area (Å²) in [5.74, 6) is -2.86. The molecule has 1 unspecified atom stereocenters. The zero-order valence-electron chi connectivity index (χ0n) is 16.2. The molecule has 1 aliphatic heterocycles. The Balaban J connectivity index is 1.37. The minimum absolute atomic E-state index is 0.142. The Morgan fingerprint density at radius 3 is 2.58 bits per heavy atom. The van der Waals surface area contributed by atoms with Crippen molar-refractivity contribution in [3.05, 3.63) is 47.9 Å². The van der Waals surface area contributed by atoms with Crippen molar-refractivity contribution in [2.75, 3.05) is 23.7 Å². The highest BCUT2D eigenvalue weighted by Gasteiger charge is 2.46. The molecule has 4 N–H and O–H groups in total.